The van der Waals surface area contributed by atoms with E-state index in [1.54, 1.807) is 4.57 Å². The van der Waals surface area contributed by atoms with Crippen molar-refractivity contribution >= 4 is 16.0 Å². The molecule has 2 fully saturated rings. The van der Waals surface area contributed by atoms with Gasteiger partial charge in [0.2, 0.25) is 10.0 Å². The number of nitrogens with one attached hydrogen (secondary N) is 1. The first-order valence-corrected chi connectivity index (χ1v) is 8.82. The van der Waals surface area contributed by atoms with Crippen LogP contribution in [0.15, 0.2) is 17.2 Å². The zero-order chi connectivity index (χ0) is 15.2. The van der Waals surface area contributed by atoms with E-state index in [1.807, 2.05) is 6.92 Å². The van der Waals surface area contributed by atoms with Gasteiger partial charge in [-0.3, -0.25) is 0 Å². The van der Waals surface area contributed by atoms with Crippen molar-refractivity contribution in [3.63, 3.8) is 0 Å². The fourth-order valence-corrected chi connectivity index (χ4v) is 3.94. The Hall–Kier alpha value is -1.34. The first kappa shape index (κ1) is 14.6. The zero-order valence-electron chi connectivity index (χ0n) is 11.9. The van der Waals surface area contributed by atoms with E-state index < -0.39 is 16.0 Å². The van der Waals surface area contributed by atoms with Crippen LogP contribution >= 0.6 is 0 Å². The molecule has 0 aliphatic heterocycles. The molecule has 1 unspecified atom stereocenters. The van der Waals surface area contributed by atoms with Crippen LogP contribution in [-0.4, -0.2) is 30.1 Å². The fraction of sp³-hybridized carbons (Fsp3) is 0.643. The van der Waals surface area contributed by atoms with Crippen molar-refractivity contribution in [2.75, 3.05) is 0 Å². The summed E-state index contributed by atoms with van der Waals surface area (Å²) in [6, 6.07) is 1.26. The van der Waals surface area contributed by atoms with Gasteiger partial charge in [-0.1, -0.05) is 12.8 Å². The Morgan fingerprint density at radius 1 is 1.43 bits per heavy atom. The van der Waals surface area contributed by atoms with E-state index in [1.165, 1.54) is 25.1 Å². The lowest BCUT2D eigenvalue weighted by Crippen LogP contribution is -2.32. The van der Waals surface area contributed by atoms with E-state index in [0.717, 1.165) is 19.3 Å². The standard InChI is InChI=1S/C14H20N2O4S/c1-9(6-10-2-3-10)15-21(19,20)12-7-13(14(17)18)16(8-12)11-4-5-11/h7-11,15H,2-6H2,1H3,(H,17,18). The molecule has 1 atom stereocenters. The van der Waals surface area contributed by atoms with Crippen molar-refractivity contribution in [2.24, 2.45) is 5.92 Å². The smallest absolute Gasteiger partial charge is 0.352 e. The van der Waals surface area contributed by atoms with Gasteiger partial charge in [-0.25, -0.2) is 17.9 Å². The van der Waals surface area contributed by atoms with E-state index in [4.69, 9.17) is 0 Å². The minimum atomic E-state index is -3.65. The largest absolute Gasteiger partial charge is 0.477 e. The summed E-state index contributed by atoms with van der Waals surface area (Å²) in [7, 11) is -3.65. The van der Waals surface area contributed by atoms with Crippen LogP contribution in [0, 0.1) is 5.92 Å². The van der Waals surface area contributed by atoms with E-state index in [2.05, 4.69) is 4.72 Å². The highest BCUT2D eigenvalue weighted by atomic mass is 32.2. The summed E-state index contributed by atoms with van der Waals surface area (Å²) >= 11 is 0. The van der Waals surface area contributed by atoms with Gasteiger partial charge in [-0.15, -0.1) is 0 Å². The molecule has 2 aliphatic rings. The number of carboxylic acid groups (broad SMARTS) is 1. The van der Waals surface area contributed by atoms with Crippen molar-refractivity contribution < 1.29 is 18.3 Å². The molecule has 1 heterocycles. The highest BCUT2D eigenvalue weighted by Gasteiger charge is 2.31. The van der Waals surface area contributed by atoms with Crippen molar-refractivity contribution in [1.29, 1.82) is 0 Å². The Bertz CT molecular complexity index is 657. The summed E-state index contributed by atoms with van der Waals surface area (Å²) < 4.78 is 28.9. The second-order valence-corrected chi connectivity index (χ2v) is 7.92. The maximum absolute atomic E-state index is 12.4. The lowest BCUT2D eigenvalue weighted by Gasteiger charge is -2.12. The molecule has 2 aliphatic carbocycles. The third kappa shape index (κ3) is 3.29. The minimum Gasteiger partial charge on any atom is -0.477 e. The molecule has 0 saturated heterocycles. The molecular weight excluding hydrogens is 292 g/mol. The summed E-state index contributed by atoms with van der Waals surface area (Å²) in [5, 5.41) is 9.19. The van der Waals surface area contributed by atoms with Crippen molar-refractivity contribution in [1.82, 2.24) is 9.29 Å². The summed E-state index contributed by atoms with van der Waals surface area (Å²) in [4.78, 5) is 11.3. The van der Waals surface area contributed by atoms with E-state index in [0.29, 0.717) is 5.92 Å². The molecule has 2 saturated carbocycles. The topological polar surface area (TPSA) is 88.4 Å². The molecule has 6 nitrogen and oxygen atoms in total. The predicted molar refractivity (Wildman–Crippen MR) is 76.8 cm³/mol. The molecule has 7 heteroatoms. The summed E-state index contributed by atoms with van der Waals surface area (Å²) in [5.41, 5.74) is 0.0488. The van der Waals surface area contributed by atoms with Gasteiger partial charge in [0.1, 0.15) is 10.6 Å². The molecule has 0 spiro atoms. The van der Waals surface area contributed by atoms with Crippen LogP contribution < -0.4 is 4.72 Å². The molecule has 2 N–H and O–H groups in total. The molecule has 0 radical (unpaired) electrons. The molecule has 0 bridgehead atoms. The van der Waals surface area contributed by atoms with Crippen molar-refractivity contribution in [3.8, 4) is 0 Å². The first-order chi connectivity index (χ1) is 9.87. The predicted octanol–water partition coefficient (Wildman–Crippen LogP) is 1.99. The summed E-state index contributed by atoms with van der Waals surface area (Å²) in [6.07, 6.45) is 6.45. The Morgan fingerprint density at radius 2 is 2.10 bits per heavy atom. The molecular formula is C14H20N2O4S. The average Bonchev–Trinajstić information content (AvgIpc) is 3.29. The molecule has 3 rings (SSSR count). The van der Waals surface area contributed by atoms with Gasteiger partial charge in [0.15, 0.2) is 0 Å². The van der Waals surface area contributed by atoms with E-state index >= 15 is 0 Å². The van der Waals surface area contributed by atoms with Gasteiger partial charge in [0.25, 0.3) is 0 Å². The molecule has 0 aromatic carbocycles. The molecule has 21 heavy (non-hydrogen) atoms. The lowest BCUT2D eigenvalue weighted by atomic mass is 10.2. The third-order valence-electron chi connectivity index (χ3n) is 4.03. The van der Waals surface area contributed by atoms with Crippen LogP contribution in [-0.2, 0) is 10.0 Å². The second-order valence-electron chi connectivity index (χ2n) is 6.21. The average molecular weight is 312 g/mol. The number of carboxylic acids is 1. The van der Waals surface area contributed by atoms with Crippen LogP contribution in [0.25, 0.3) is 0 Å². The van der Waals surface area contributed by atoms with Crippen LogP contribution in [0.5, 0.6) is 0 Å². The molecule has 1 aromatic heterocycles. The summed E-state index contributed by atoms with van der Waals surface area (Å²) in [5.74, 6) is -0.456. The quantitative estimate of drug-likeness (QED) is 0.806. The number of aromatic nitrogens is 1. The molecule has 116 valence electrons. The number of nitrogens with zero attached hydrogens (tertiary/aromatic N) is 1. The van der Waals surface area contributed by atoms with Gasteiger partial charge < -0.3 is 9.67 Å². The van der Waals surface area contributed by atoms with Gasteiger partial charge in [0, 0.05) is 18.3 Å². The van der Waals surface area contributed by atoms with E-state index in [-0.39, 0.29) is 22.7 Å². The minimum absolute atomic E-state index is 0.0488. The maximum Gasteiger partial charge on any atom is 0.352 e. The van der Waals surface area contributed by atoms with Crippen molar-refractivity contribution in [3.05, 3.63) is 18.0 Å². The van der Waals surface area contributed by atoms with Crippen molar-refractivity contribution in [2.45, 2.75) is 56.0 Å². The number of aromatic carboxylic acids is 1. The van der Waals surface area contributed by atoms with Gasteiger partial charge >= 0.3 is 5.97 Å². The van der Waals surface area contributed by atoms with Crippen LogP contribution in [0.2, 0.25) is 0 Å². The van der Waals surface area contributed by atoms with Gasteiger partial charge in [-0.2, -0.15) is 0 Å². The monoisotopic (exact) mass is 312 g/mol. The highest BCUT2D eigenvalue weighted by Crippen LogP contribution is 2.37. The SMILES string of the molecule is CC(CC1CC1)NS(=O)(=O)c1cc(C(=O)O)n(C2CC2)c1. The molecule has 1 aromatic rings. The molecule has 0 amide bonds. The Balaban J connectivity index is 1.80. The van der Waals surface area contributed by atoms with Crippen LogP contribution in [0.3, 0.4) is 0 Å². The number of hydrogen-bond acceptors (Lipinski definition) is 3. The first-order valence-electron chi connectivity index (χ1n) is 7.34. The number of sulfonamides is 1. The summed E-state index contributed by atoms with van der Waals surface area (Å²) in [6.45, 7) is 1.85. The zero-order valence-corrected chi connectivity index (χ0v) is 12.8. The third-order valence-corrected chi connectivity index (χ3v) is 5.59. The Morgan fingerprint density at radius 3 is 2.62 bits per heavy atom. The normalized spacial score (nSPS) is 20.4. The van der Waals surface area contributed by atoms with Crippen LogP contribution in [0.1, 0.15) is 55.6 Å². The highest BCUT2D eigenvalue weighted by molar-refractivity contribution is 7.89. The Labute approximate surface area is 124 Å². The van der Waals surface area contributed by atoms with E-state index in [9.17, 15) is 18.3 Å². The van der Waals surface area contributed by atoms with Crippen LogP contribution in [0.4, 0.5) is 0 Å². The maximum atomic E-state index is 12.4. The fourth-order valence-electron chi connectivity index (χ4n) is 2.66. The van der Waals surface area contributed by atoms with Gasteiger partial charge in [-0.05, 0) is 38.2 Å². The number of rotatable bonds is 7. The number of hydrogen-bond donors (Lipinski definition) is 2. The second kappa shape index (κ2) is 5.14. The lowest BCUT2D eigenvalue weighted by molar-refractivity contribution is 0.0685. The Kier molecular flexibility index (Phi) is 3.57. The number of carbonyl (C=O) groups is 1. The van der Waals surface area contributed by atoms with Gasteiger partial charge in [0.05, 0.1) is 0 Å².